The highest BCUT2D eigenvalue weighted by atomic mass is 79.9. The summed E-state index contributed by atoms with van der Waals surface area (Å²) >= 11 is 3.61. The fourth-order valence-corrected chi connectivity index (χ4v) is 3.54. The van der Waals surface area contributed by atoms with Crippen LogP contribution < -0.4 is 10.2 Å². The average Bonchev–Trinajstić information content (AvgIpc) is 2.47. The molecule has 0 aliphatic carbocycles. The maximum absolute atomic E-state index is 3.61. The van der Waals surface area contributed by atoms with Gasteiger partial charge in [-0.25, -0.2) is 0 Å². The number of halogens is 1. The van der Waals surface area contributed by atoms with Crippen LogP contribution in [0.4, 0.5) is 5.69 Å². The Hall–Kier alpha value is -0.540. The van der Waals surface area contributed by atoms with E-state index in [1.165, 1.54) is 48.1 Å². The first-order chi connectivity index (χ1) is 9.65. The molecular formula is C17H27BrN2. The zero-order valence-electron chi connectivity index (χ0n) is 13.0. The van der Waals surface area contributed by atoms with Crippen LogP contribution in [0.1, 0.15) is 51.6 Å². The number of rotatable bonds is 5. The predicted molar refractivity (Wildman–Crippen MR) is 91.5 cm³/mol. The monoisotopic (exact) mass is 338 g/mol. The fraction of sp³-hybridized carbons (Fsp3) is 0.647. The molecule has 112 valence electrons. The summed E-state index contributed by atoms with van der Waals surface area (Å²) in [5.41, 5.74) is 2.83. The molecule has 1 aromatic carbocycles. The Morgan fingerprint density at radius 2 is 2.00 bits per heavy atom. The average molecular weight is 339 g/mol. The Labute approximate surface area is 132 Å². The van der Waals surface area contributed by atoms with Gasteiger partial charge in [0.15, 0.2) is 0 Å². The van der Waals surface area contributed by atoms with Crippen molar-refractivity contribution in [3.05, 3.63) is 28.2 Å². The molecule has 0 aromatic heterocycles. The van der Waals surface area contributed by atoms with Crippen molar-refractivity contribution in [2.75, 3.05) is 24.5 Å². The van der Waals surface area contributed by atoms with Crippen LogP contribution in [0.2, 0.25) is 0 Å². The van der Waals surface area contributed by atoms with Crippen LogP contribution in [0.5, 0.6) is 0 Å². The summed E-state index contributed by atoms with van der Waals surface area (Å²) in [6.45, 7) is 10.1. The van der Waals surface area contributed by atoms with Gasteiger partial charge in [-0.05, 0) is 56.0 Å². The quantitative estimate of drug-likeness (QED) is 0.833. The summed E-state index contributed by atoms with van der Waals surface area (Å²) in [4.78, 5) is 2.57. The first kappa shape index (κ1) is 15.8. The van der Waals surface area contributed by atoms with Crippen LogP contribution in [-0.2, 0) is 0 Å². The summed E-state index contributed by atoms with van der Waals surface area (Å²) in [5.74, 6) is 0.927. The van der Waals surface area contributed by atoms with Crippen molar-refractivity contribution in [3.63, 3.8) is 0 Å². The Morgan fingerprint density at radius 3 is 2.60 bits per heavy atom. The molecule has 0 spiro atoms. The third-order valence-corrected chi connectivity index (χ3v) is 4.99. The smallest absolute Gasteiger partial charge is 0.0415 e. The molecule has 1 unspecified atom stereocenters. The molecule has 0 saturated carbocycles. The molecule has 1 aliphatic rings. The number of anilines is 1. The van der Waals surface area contributed by atoms with Crippen molar-refractivity contribution in [2.24, 2.45) is 5.92 Å². The summed E-state index contributed by atoms with van der Waals surface area (Å²) in [7, 11) is 0. The maximum atomic E-state index is 3.61. The van der Waals surface area contributed by atoms with Gasteiger partial charge in [-0.3, -0.25) is 0 Å². The number of benzene rings is 1. The molecule has 1 heterocycles. The van der Waals surface area contributed by atoms with Gasteiger partial charge in [-0.15, -0.1) is 0 Å². The van der Waals surface area contributed by atoms with Crippen LogP contribution >= 0.6 is 15.9 Å². The molecule has 0 amide bonds. The standard InChI is InChI=1S/C17H27BrN2/c1-4-14-8-10-20(11-9-14)17-7-6-15(18)12-16(17)13(3)19-5-2/h6-7,12-14,19H,4-5,8-11H2,1-3H3. The lowest BCUT2D eigenvalue weighted by Gasteiger charge is -2.35. The van der Waals surface area contributed by atoms with Crippen LogP contribution in [0.25, 0.3) is 0 Å². The number of hydrogen-bond donors (Lipinski definition) is 1. The van der Waals surface area contributed by atoms with Gasteiger partial charge in [-0.2, -0.15) is 0 Å². The van der Waals surface area contributed by atoms with Crippen molar-refractivity contribution in [3.8, 4) is 0 Å². The van der Waals surface area contributed by atoms with Crippen LogP contribution in [0, 0.1) is 5.92 Å². The molecule has 20 heavy (non-hydrogen) atoms. The molecule has 0 radical (unpaired) electrons. The van der Waals surface area contributed by atoms with Crippen molar-refractivity contribution >= 4 is 21.6 Å². The molecule has 1 fully saturated rings. The summed E-state index contributed by atoms with van der Waals surface area (Å²) in [6.07, 6.45) is 4.00. The number of nitrogens with one attached hydrogen (secondary N) is 1. The molecule has 1 atom stereocenters. The van der Waals surface area contributed by atoms with Gasteiger partial charge in [0.2, 0.25) is 0 Å². The van der Waals surface area contributed by atoms with Crippen molar-refractivity contribution in [2.45, 2.75) is 46.1 Å². The lowest BCUT2D eigenvalue weighted by Crippen LogP contribution is -2.34. The van der Waals surface area contributed by atoms with Gasteiger partial charge < -0.3 is 10.2 Å². The molecule has 1 aromatic rings. The second-order valence-corrected chi connectivity index (χ2v) is 6.74. The van der Waals surface area contributed by atoms with E-state index in [1.54, 1.807) is 0 Å². The third-order valence-electron chi connectivity index (χ3n) is 4.50. The highest BCUT2D eigenvalue weighted by molar-refractivity contribution is 9.10. The summed E-state index contributed by atoms with van der Waals surface area (Å²) in [6, 6.07) is 7.12. The van der Waals surface area contributed by atoms with Crippen LogP contribution in [0.15, 0.2) is 22.7 Å². The number of hydrogen-bond acceptors (Lipinski definition) is 2. The van der Waals surface area contributed by atoms with Gasteiger partial charge in [0, 0.05) is 29.3 Å². The molecular weight excluding hydrogens is 312 g/mol. The first-order valence-corrected chi connectivity index (χ1v) is 8.72. The van der Waals surface area contributed by atoms with E-state index in [-0.39, 0.29) is 0 Å². The van der Waals surface area contributed by atoms with Gasteiger partial charge in [-0.1, -0.05) is 36.2 Å². The Kier molecular flexibility index (Phi) is 5.91. The minimum Gasteiger partial charge on any atom is -0.371 e. The van der Waals surface area contributed by atoms with Crippen molar-refractivity contribution in [1.82, 2.24) is 5.32 Å². The fourth-order valence-electron chi connectivity index (χ4n) is 3.16. The second kappa shape index (κ2) is 7.46. The van der Waals surface area contributed by atoms with E-state index >= 15 is 0 Å². The molecule has 2 nitrogen and oxygen atoms in total. The largest absolute Gasteiger partial charge is 0.371 e. The SMILES string of the molecule is CCNC(C)c1cc(Br)ccc1N1CCC(CC)CC1. The zero-order valence-corrected chi connectivity index (χ0v) is 14.5. The highest BCUT2D eigenvalue weighted by Gasteiger charge is 2.21. The van der Waals surface area contributed by atoms with Crippen molar-refractivity contribution < 1.29 is 0 Å². The van der Waals surface area contributed by atoms with E-state index in [1.807, 2.05) is 0 Å². The van der Waals surface area contributed by atoms with E-state index in [2.05, 4.69) is 65.1 Å². The van der Waals surface area contributed by atoms with Crippen LogP contribution in [0.3, 0.4) is 0 Å². The molecule has 1 saturated heterocycles. The van der Waals surface area contributed by atoms with E-state index in [4.69, 9.17) is 0 Å². The normalized spacial score (nSPS) is 18.3. The van der Waals surface area contributed by atoms with E-state index in [0.29, 0.717) is 6.04 Å². The highest BCUT2D eigenvalue weighted by Crippen LogP contribution is 2.32. The second-order valence-electron chi connectivity index (χ2n) is 5.82. The summed E-state index contributed by atoms with van der Waals surface area (Å²) < 4.78 is 1.17. The predicted octanol–water partition coefficient (Wildman–Crippen LogP) is 4.75. The van der Waals surface area contributed by atoms with Crippen LogP contribution in [-0.4, -0.2) is 19.6 Å². The van der Waals surface area contributed by atoms with E-state index < -0.39 is 0 Å². The number of piperidine rings is 1. The van der Waals surface area contributed by atoms with Gasteiger partial charge in [0.1, 0.15) is 0 Å². The van der Waals surface area contributed by atoms with E-state index in [0.717, 1.165) is 12.5 Å². The van der Waals surface area contributed by atoms with Gasteiger partial charge in [0.25, 0.3) is 0 Å². The minimum absolute atomic E-state index is 0.399. The van der Waals surface area contributed by atoms with Gasteiger partial charge >= 0.3 is 0 Å². The molecule has 0 bridgehead atoms. The lowest BCUT2D eigenvalue weighted by molar-refractivity contribution is 0.394. The summed E-state index contributed by atoms with van der Waals surface area (Å²) in [5, 5.41) is 3.54. The van der Waals surface area contributed by atoms with Crippen molar-refractivity contribution in [1.29, 1.82) is 0 Å². The van der Waals surface area contributed by atoms with Gasteiger partial charge in [0.05, 0.1) is 0 Å². The minimum atomic E-state index is 0.399. The molecule has 1 N–H and O–H groups in total. The molecule has 1 aliphatic heterocycles. The maximum Gasteiger partial charge on any atom is 0.0415 e. The Balaban J connectivity index is 2.18. The third kappa shape index (κ3) is 3.76. The van der Waals surface area contributed by atoms with E-state index in [9.17, 15) is 0 Å². The Morgan fingerprint density at radius 1 is 1.30 bits per heavy atom. The molecule has 2 rings (SSSR count). The topological polar surface area (TPSA) is 15.3 Å². The lowest BCUT2D eigenvalue weighted by atomic mass is 9.93. The Bertz CT molecular complexity index is 425. The first-order valence-electron chi connectivity index (χ1n) is 7.93. The zero-order chi connectivity index (χ0) is 14.5. The molecule has 3 heteroatoms. The number of nitrogens with zero attached hydrogens (tertiary/aromatic N) is 1.